The molecule has 0 saturated carbocycles. The summed E-state index contributed by atoms with van der Waals surface area (Å²) in [6.45, 7) is 15.7. The molecule has 4 heteroatoms. The highest BCUT2D eigenvalue weighted by atomic mass is 35.5. The number of nitrogens with zero attached hydrogens (tertiary/aromatic N) is 2. The van der Waals surface area contributed by atoms with Gasteiger partial charge in [-0.25, -0.2) is 0 Å². The SMILES string of the molecule is C=C(C)/C=C(/C)C(Cl)=NC.CCCC1CCN(C(C)=O)CC1C. The van der Waals surface area contributed by atoms with Crippen molar-refractivity contribution in [2.75, 3.05) is 20.1 Å². The first-order chi connectivity index (χ1) is 10.7. The molecule has 0 bridgehead atoms. The third-order valence-corrected chi connectivity index (χ3v) is 4.64. The van der Waals surface area contributed by atoms with Gasteiger partial charge in [0, 0.05) is 27.1 Å². The monoisotopic (exact) mass is 340 g/mol. The minimum absolute atomic E-state index is 0.238. The molecule has 0 N–H and O–H groups in total. The molecule has 3 nitrogen and oxygen atoms in total. The van der Waals surface area contributed by atoms with E-state index in [-0.39, 0.29) is 5.91 Å². The van der Waals surface area contributed by atoms with Gasteiger partial charge in [-0.05, 0) is 37.7 Å². The van der Waals surface area contributed by atoms with E-state index in [0.717, 1.165) is 30.2 Å². The quantitative estimate of drug-likeness (QED) is 0.519. The van der Waals surface area contributed by atoms with Gasteiger partial charge in [-0.3, -0.25) is 9.79 Å². The Hall–Kier alpha value is -1.09. The zero-order chi connectivity index (χ0) is 18.0. The second kappa shape index (κ2) is 11.4. The maximum Gasteiger partial charge on any atom is 0.219 e. The summed E-state index contributed by atoms with van der Waals surface area (Å²) >= 11 is 5.70. The molecule has 2 atom stereocenters. The van der Waals surface area contributed by atoms with Crippen LogP contribution in [0.2, 0.25) is 0 Å². The Morgan fingerprint density at radius 3 is 2.39 bits per heavy atom. The lowest BCUT2D eigenvalue weighted by molar-refractivity contribution is -0.131. The number of amides is 1. The molecule has 0 aromatic heterocycles. The largest absolute Gasteiger partial charge is 0.343 e. The number of carbonyl (C=O) groups is 1. The smallest absolute Gasteiger partial charge is 0.219 e. The van der Waals surface area contributed by atoms with Crippen molar-refractivity contribution in [3.8, 4) is 0 Å². The molecule has 0 spiro atoms. The van der Waals surface area contributed by atoms with Crippen LogP contribution >= 0.6 is 11.6 Å². The molecule has 1 saturated heterocycles. The Bertz CT molecular complexity index is 454. The number of carbonyl (C=O) groups excluding carboxylic acids is 1. The molecule has 0 radical (unpaired) electrons. The fourth-order valence-corrected chi connectivity index (χ4v) is 2.94. The first-order valence-corrected chi connectivity index (χ1v) is 8.82. The van der Waals surface area contributed by atoms with E-state index in [4.69, 9.17) is 11.6 Å². The van der Waals surface area contributed by atoms with Crippen LogP contribution in [0.25, 0.3) is 0 Å². The normalized spacial score (nSPS) is 22.3. The van der Waals surface area contributed by atoms with Gasteiger partial charge in [-0.1, -0.05) is 56.5 Å². The van der Waals surface area contributed by atoms with Gasteiger partial charge in [-0.2, -0.15) is 0 Å². The van der Waals surface area contributed by atoms with E-state index in [1.54, 1.807) is 14.0 Å². The second-order valence-corrected chi connectivity index (χ2v) is 6.83. The van der Waals surface area contributed by atoms with Crippen molar-refractivity contribution in [1.29, 1.82) is 0 Å². The Kier molecular flexibility index (Phi) is 10.9. The first-order valence-electron chi connectivity index (χ1n) is 8.44. The van der Waals surface area contributed by atoms with Gasteiger partial charge in [0.1, 0.15) is 5.17 Å². The lowest BCUT2D eigenvalue weighted by Gasteiger charge is -2.36. The highest BCUT2D eigenvalue weighted by Gasteiger charge is 2.26. The Balaban J connectivity index is 0.000000438. The molecule has 132 valence electrons. The standard InChI is InChI=1S/C11H21NO.C8H12ClN/c1-4-5-11-6-7-12(10(3)13)8-9(11)2;1-6(2)5-7(3)8(9)10-4/h9,11H,4-8H2,1-3H3;5H,1H2,2-4H3/b;7-5-,10-8?. The third-order valence-electron chi connectivity index (χ3n) is 4.17. The van der Waals surface area contributed by atoms with Gasteiger partial charge in [0.15, 0.2) is 0 Å². The molecule has 2 unspecified atom stereocenters. The summed E-state index contributed by atoms with van der Waals surface area (Å²) in [6, 6.07) is 0. The van der Waals surface area contributed by atoms with E-state index in [1.165, 1.54) is 19.3 Å². The zero-order valence-electron chi connectivity index (χ0n) is 15.7. The van der Waals surface area contributed by atoms with Crippen molar-refractivity contribution in [3.05, 3.63) is 23.8 Å². The summed E-state index contributed by atoms with van der Waals surface area (Å²) in [5, 5.41) is 0.544. The van der Waals surface area contributed by atoms with E-state index >= 15 is 0 Å². The fraction of sp³-hybridized carbons (Fsp3) is 0.684. The number of hydrogen-bond acceptors (Lipinski definition) is 2. The molecule has 1 amide bonds. The van der Waals surface area contributed by atoms with Crippen LogP contribution in [0, 0.1) is 11.8 Å². The topological polar surface area (TPSA) is 32.7 Å². The van der Waals surface area contributed by atoms with Crippen LogP contribution in [0.4, 0.5) is 0 Å². The predicted molar refractivity (Wildman–Crippen MR) is 102 cm³/mol. The molecule has 1 fully saturated rings. The van der Waals surface area contributed by atoms with Gasteiger partial charge in [0.05, 0.1) is 0 Å². The molecule has 0 aliphatic carbocycles. The van der Waals surface area contributed by atoms with Gasteiger partial charge in [-0.15, -0.1) is 0 Å². The number of allylic oxidation sites excluding steroid dienone is 3. The number of piperidine rings is 1. The van der Waals surface area contributed by atoms with Crippen molar-refractivity contribution >= 4 is 22.7 Å². The molecule has 0 aromatic carbocycles. The number of hydrogen-bond donors (Lipinski definition) is 0. The van der Waals surface area contributed by atoms with Gasteiger partial charge >= 0.3 is 0 Å². The maximum atomic E-state index is 11.1. The van der Waals surface area contributed by atoms with Crippen molar-refractivity contribution < 1.29 is 4.79 Å². The Morgan fingerprint density at radius 1 is 1.39 bits per heavy atom. The van der Waals surface area contributed by atoms with Crippen LogP contribution in [0.5, 0.6) is 0 Å². The maximum absolute atomic E-state index is 11.1. The molecule has 1 aliphatic rings. The molecular weight excluding hydrogens is 308 g/mol. The van der Waals surface area contributed by atoms with Crippen molar-refractivity contribution in [2.24, 2.45) is 16.8 Å². The molecule has 23 heavy (non-hydrogen) atoms. The number of rotatable bonds is 4. The molecule has 1 heterocycles. The summed E-state index contributed by atoms with van der Waals surface area (Å²) < 4.78 is 0. The summed E-state index contributed by atoms with van der Waals surface area (Å²) in [4.78, 5) is 16.9. The van der Waals surface area contributed by atoms with Crippen LogP contribution in [-0.4, -0.2) is 36.1 Å². The van der Waals surface area contributed by atoms with Crippen LogP contribution in [0.15, 0.2) is 28.8 Å². The highest BCUT2D eigenvalue weighted by Crippen LogP contribution is 2.26. The second-order valence-electron chi connectivity index (χ2n) is 6.47. The van der Waals surface area contributed by atoms with Crippen LogP contribution in [0.1, 0.15) is 53.9 Å². The lowest BCUT2D eigenvalue weighted by Crippen LogP contribution is -2.41. The zero-order valence-corrected chi connectivity index (χ0v) is 16.4. The molecule has 1 aliphatic heterocycles. The molecular formula is C19H33ClN2O. The van der Waals surface area contributed by atoms with Gasteiger partial charge in [0.25, 0.3) is 0 Å². The summed E-state index contributed by atoms with van der Waals surface area (Å²) in [5.74, 6) is 1.78. The Morgan fingerprint density at radius 2 is 2.00 bits per heavy atom. The highest BCUT2D eigenvalue weighted by molar-refractivity contribution is 6.69. The van der Waals surface area contributed by atoms with Gasteiger partial charge < -0.3 is 4.90 Å². The van der Waals surface area contributed by atoms with Crippen LogP contribution < -0.4 is 0 Å². The van der Waals surface area contributed by atoms with E-state index in [1.807, 2.05) is 24.8 Å². The third kappa shape index (κ3) is 8.95. The Labute approximate surface area is 147 Å². The van der Waals surface area contributed by atoms with Crippen molar-refractivity contribution in [2.45, 2.75) is 53.9 Å². The summed E-state index contributed by atoms with van der Waals surface area (Å²) in [6.07, 6.45) is 5.70. The minimum atomic E-state index is 0.238. The van der Waals surface area contributed by atoms with Crippen molar-refractivity contribution in [3.63, 3.8) is 0 Å². The summed E-state index contributed by atoms with van der Waals surface area (Å²) in [5.41, 5.74) is 1.94. The fourth-order valence-electron chi connectivity index (χ4n) is 2.89. The van der Waals surface area contributed by atoms with Crippen molar-refractivity contribution in [1.82, 2.24) is 4.90 Å². The molecule has 0 aromatic rings. The first kappa shape index (κ1) is 21.9. The molecule has 1 rings (SSSR count). The number of aliphatic imine (C=N–C) groups is 1. The average Bonchev–Trinajstić information content (AvgIpc) is 2.48. The van der Waals surface area contributed by atoms with E-state index < -0.39 is 0 Å². The van der Waals surface area contributed by atoms with Crippen LogP contribution in [0.3, 0.4) is 0 Å². The van der Waals surface area contributed by atoms with Gasteiger partial charge in [0.2, 0.25) is 5.91 Å². The number of likely N-dealkylation sites (tertiary alicyclic amines) is 1. The lowest BCUT2D eigenvalue weighted by atomic mass is 9.84. The van der Waals surface area contributed by atoms with E-state index in [9.17, 15) is 4.79 Å². The summed E-state index contributed by atoms with van der Waals surface area (Å²) in [7, 11) is 1.66. The van der Waals surface area contributed by atoms with E-state index in [0.29, 0.717) is 11.1 Å². The predicted octanol–water partition coefficient (Wildman–Crippen LogP) is 5.07. The van der Waals surface area contributed by atoms with Crippen LogP contribution in [-0.2, 0) is 4.79 Å². The number of halogens is 1. The minimum Gasteiger partial charge on any atom is -0.343 e. The van der Waals surface area contributed by atoms with E-state index in [2.05, 4.69) is 25.4 Å². The average molecular weight is 341 g/mol.